The van der Waals surface area contributed by atoms with Crippen LogP contribution in [0.25, 0.3) is 0 Å². The highest BCUT2D eigenvalue weighted by molar-refractivity contribution is 14.1. The average Bonchev–Trinajstić information content (AvgIpc) is 2.62. The monoisotopic (exact) mass is 372 g/mol. The van der Waals surface area contributed by atoms with E-state index in [9.17, 15) is 0 Å². The molecule has 2 N–H and O–H groups in total. The lowest BCUT2D eigenvalue weighted by molar-refractivity contribution is 0.456. The summed E-state index contributed by atoms with van der Waals surface area (Å²) in [5.74, 6) is 0. The summed E-state index contributed by atoms with van der Waals surface area (Å²) in [5.41, 5.74) is 2.60. The lowest BCUT2D eigenvalue weighted by Crippen LogP contribution is -2.33. The van der Waals surface area contributed by atoms with Crippen LogP contribution in [-0.2, 0) is 0 Å². The standard InChI is InChI=1S/C16H25IN2/c1-12-7-8-15(11-16(12)17)19-13(2)10-14-6-4-3-5-9-18-14/h7-8,11,13-14,18-19H,3-6,9-10H2,1-2H3. The average molecular weight is 372 g/mol. The molecule has 1 aromatic rings. The van der Waals surface area contributed by atoms with Crippen molar-refractivity contribution in [1.82, 2.24) is 5.32 Å². The van der Waals surface area contributed by atoms with E-state index in [-0.39, 0.29) is 0 Å². The molecule has 2 unspecified atom stereocenters. The Labute approximate surface area is 130 Å². The third-order valence-corrected chi connectivity index (χ3v) is 5.05. The molecule has 0 saturated carbocycles. The molecule has 1 aliphatic rings. The number of hydrogen-bond acceptors (Lipinski definition) is 2. The van der Waals surface area contributed by atoms with Crippen molar-refractivity contribution in [2.75, 3.05) is 11.9 Å². The molecule has 1 heterocycles. The van der Waals surface area contributed by atoms with Crippen LogP contribution in [0.5, 0.6) is 0 Å². The summed E-state index contributed by atoms with van der Waals surface area (Å²) < 4.78 is 1.34. The van der Waals surface area contributed by atoms with E-state index in [1.165, 1.54) is 53.5 Å². The Bertz CT molecular complexity index is 398. The van der Waals surface area contributed by atoms with Crippen molar-refractivity contribution in [1.29, 1.82) is 0 Å². The number of aryl methyl sites for hydroxylation is 1. The van der Waals surface area contributed by atoms with E-state index >= 15 is 0 Å². The third kappa shape index (κ3) is 4.95. The van der Waals surface area contributed by atoms with Crippen molar-refractivity contribution in [2.45, 2.75) is 58.0 Å². The van der Waals surface area contributed by atoms with E-state index in [1.807, 2.05) is 0 Å². The summed E-state index contributed by atoms with van der Waals surface area (Å²) in [4.78, 5) is 0. The lowest BCUT2D eigenvalue weighted by Gasteiger charge is -2.22. The molecule has 0 spiro atoms. The van der Waals surface area contributed by atoms with Gasteiger partial charge in [0.25, 0.3) is 0 Å². The number of benzene rings is 1. The molecule has 2 atom stereocenters. The van der Waals surface area contributed by atoms with Crippen LogP contribution in [0.4, 0.5) is 5.69 Å². The second kappa shape index (κ2) is 7.48. The van der Waals surface area contributed by atoms with Crippen LogP contribution in [-0.4, -0.2) is 18.6 Å². The van der Waals surface area contributed by atoms with Crippen LogP contribution in [0, 0.1) is 10.5 Å². The summed E-state index contributed by atoms with van der Waals surface area (Å²) >= 11 is 2.40. The minimum absolute atomic E-state index is 0.522. The Kier molecular flexibility index (Phi) is 5.95. The topological polar surface area (TPSA) is 24.1 Å². The zero-order chi connectivity index (χ0) is 13.7. The van der Waals surface area contributed by atoms with Gasteiger partial charge in [-0.2, -0.15) is 0 Å². The molecule has 3 heteroatoms. The predicted molar refractivity (Wildman–Crippen MR) is 91.9 cm³/mol. The van der Waals surface area contributed by atoms with E-state index in [0.29, 0.717) is 12.1 Å². The maximum atomic E-state index is 3.68. The Morgan fingerprint density at radius 2 is 2.21 bits per heavy atom. The highest BCUT2D eigenvalue weighted by Crippen LogP contribution is 2.19. The van der Waals surface area contributed by atoms with Crippen molar-refractivity contribution in [3.63, 3.8) is 0 Å². The fourth-order valence-corrected chi connectivity index (χ4v) is 3.27. The Balaban J connectivity index is 1.85. The fourth-order valence-electron chi connectivity index (χ4n) is 2.75. The first-order valence-electron chi connectivity index (χ1n) is 7.41. The van der Waals surface area contributed by atoms with Crippen LogP contribution in [0.1, 0.15) is 44.6 Å². The van der Waals surface area contributed by atoms with E-state index < -0.39 is 0 Å². The van der Waals surface area contributed by atoms with Crippen LogP contribution in [0.15, 0.2) is 18.2 Å². The van der Waals surface area contributed by atoms with Crippen LogP contribution in [0.3, 0.4) is 0 Å². The van der Waals surface area contributed by atoms with Gasteiger partial charge in [-0.1, -0.05) is 18.9 Å². The zero-order valence-electron chi connectivity index (χ0n) is 12.0. The van der Waals surface area contributed by atoms with E-state index in [1.54, 1.807) is 0 Å². The van der Waals surface area contributed by atoms with Crippen LogP contribution >= 0.6 is 22.6 Å². The molecule has 1 aliphatic heterocycles. The smallest absolute Gasteiger partial charge is 0.0353 e. The lowest BCUT2D eigenvalue weighted by atomic mass is 10.0. The molecule has 1 aromatic carbocycles. The quantitative estimate of drug-likeness (QED) is 0.770. The largest absolute Gasteiger partial charge is 0.383 e. The van der Waals surface area contributed by atoms with Gasteiger partial charge in [-0.3, -0.25) is 0 Å². The van der Waals surface area contributed by atoms with Gasteiger partial charge in [0.05, 0.1) is 0 Å². The Hall–Kier alpha value is -0.290. The van der Waals surface area contributed by atoms with Crippen molar-refractivity contribution < 1.29 is 0 Å². The molecule has 0 radical (unpaired) electrons. The molecular weight excluding hydrogens is 347 g/mol. The number of rotatable bonds is 4. The molecule has 0 bridgehead atoms. The van der Waals surface area contributed by atoms with Gasteiger partial charge < -0.3 is 10.6 Å². The SMILES string of the molecule is Cc1ccc(NC(C)CC2CCCCCN2)cc1I. The number of anilines is 1. The van der Waals surface area contributed by atoms with Gasteiger partial charge in [0.2, 0.25) is 0 Å². The van der Waals surface area contributed by atoms with E-state index in [0.717, 1.165) is 0 Å². The van der Waals surface area contributed by atoms with Gasteiger partial charge >= 0.3 is 0 Å². The maximum Gasteiger partial charge on any atom is 0.0353 e. The van der Waals surface area contributed by atoms with Gasteiger partial charge in [0, 0.05) is 21.3 Å². The molecule has 2 rings (SSSR count). The fraction of sp³-hybridized carbons (Fsp3) is 0.625. The molecule has 1 fully saturated rings. The molecule has 106 valence electrons. The minimum atomic E-state index is 0.522. The first kappa shape index (κ1) is 15.1. The first-order chi connectivity index (χ1) is 9.15. The van der Waals surface area contributed by atoms with Crippen molar-refractivity contribution in [3.05, 3.63) is 27.3 Å². The van der Waals surface area contributed by atoms with E-state index in [4.69, 9.17) is 0 Å². The number of halogens is 1. The molecule has 1 saturated heterocycles. The zero-order valence-corrected chi connectivity index (χ0v) is 14.2. The second-order valence-corrected chi connectivity index (χ2v) is 6.91. The third-order valence-electron chi connectivity index (χ3n) is 3.89. The van der Waals surface area contributed by atoms with Gasteiger partial charge in [0.15, 0.2) is 0 Å². The second-order valence-electron chi connectivity index (χ2n) is 5.75. The number of hydrogen-bond donors (Lipinski definition) is 2. The minimum Gasteiger partial charge on any atom is -0.383 e. The summed E-state index contributed by atoms with van der Waals surface area (Å²) in [6, 6.07) is 7.84. The highest BCUT2D eigenvalue weighted by Gasteiger charge is 2.14. The van der Waals surface area contributed by atoms with Crippen molar-refractivity contribution >= 4 is 28.3 Å². The summed E-state index contributed by atoms with van der Waals surface area (Å²) in [6.07, 6.45) is 6.66. The van der Waals surface area contributed by atoms with Crippen molar-refractivity contribution in [2.24, 2.45) is 0 Å². The molecule has 19 heavy (non-hydrogen) atoms. The molecule has 0 amide bonds. The van der Waals surface area contributed by atoms with E-state index in [2.05, 4.69) is 65.3 Å². The normalized spacial score (nSPS) is 21.7. The Morgan fingerprint density at radius 3 is 3.00 bits per heavy atom. The van der Waals surface area contributed by atoms with Crippen LogP contribution in [0.2, 0.25) is 0 Å². The summed E-state index contributed by atoms with van der Waals surface area (Å²) in [7, 11) is 0. The first-order valence-corrected chi connectivity index (χ1v) is 8.49. The van der Waals surface area contributed by atoms with Gasteiger partial charge in [-0.05, 0) is 79.9 Å². The van der Waals surface area contributed by atoms with Crippen molar-refractivity contribution in [3.8, 4) is 0 Å². The highest BCUT2D eigenvalue weighted by atomic mass is 127. The summed E-state index contributed by atoms with van der Waals surface area (Å²) in [5, 5.41) is 7.31. The molecule has 2 nitrogen and oxygen atoms in total. The van der Waals surface area contributed by atoms with Crippen LogP contribution < -0.4 is 10.6 Å². The molecule has 0 aromatic heterocycles. The van der Waals surface area contributed by atoms with Gasteiger partial charge in [-0.25, -0.2) is 0 Å². The molecular formula is C16H25IN2. The van der Waals surface area contributed by atoms with Gasteiger partial charge in [0.1, 0.15) is 0 Å². The van der Waals surface area contributed by atoms with Gasteiger partial charge in [-0.15, -0.1) is 0 Å². The number of nitrogens with one attached hydrogen (secondary N) is 2. The predicted octanol–water partition coefficient (Wildman–Crippen LogP) is 4.32. The molecule has 0 aliphatic carbocycles. The summed E-state index contributed by atoms with van der Waals surface area (Å²) in [6.45, 7) is 5.64. The Morgan fingerprint density at radius 1 is 1.37 bits per heavy atom. The maximum absolute atomic E-state index is 3.68.